The van der Waals surface area contributed by atoms with Crippen LogP contribution in [-0.4, -0.2) is 10.8 Å². The van der Waals surface area contributed by atoms with Crippen LogP contribution in [-0.2, 0) is 0 Å². The van der Waals surface area contributed by atoms with E-state index in [-0.39, 0.29) is 11.5 Å². The quantitative estimate of drug-likeness (QED) is 0.820. The van der Waals surface area contributed by atoms with E-state index in [0.29, 0.717) is 5.11 Å². The molecule has 1 heterocycles. The highest BCUT2D eigenvalue weighted by atomic mass is 32.1. The lowest BCUT2D eigenvalue weighted by atomic mass is 10.1. The van der Waals surface area contributed by atoms with Crippen LogP contribution in [0.25, 0.3) is 0 Å². The lowest BCUT2D eigenvalue weighted by molar-refractivity contribution is 0.337. The third kappa shape index (κ3) is 2.79. The number of hydrogen-bond acceptors (Lipinski definition) is 2. The number of hydrazine groups is 1. The van der Waals surface area contributed by atoms with Gasteiger partial charge in [-0.25, -0.2) is 9.82 Å². The van der Waals surface area contributed by atoms with E-state index >= 15 is 0 Å². The summed E-state index contributed by atoms with van der Waals surface area (Å²) >= 11 is 5.31. The highest BCUT2D eigenvalue weighted by Gasteiger charge is 2.35. The van der Waals surface area contributed by atoms with Crippen molar-refractivity contribution in [3.8, 4) is 0 Å². The van der Waals surface area contributed by atoms with Crippen LogP contribution < -0.4 is 15.8 Å². The second-order valence-corrected chi connectivity index (χ2v) is 5.18. The number of unbranched alkanes of at least 4 members (excludes halogenated alkanes) is 1. The summed E-state index contributed by atoms with van der Waals surface area (Å²) in [6, 6.07) is 6.28. The summed E-state index contributed by atoms with van der Waals surface area (Å²) in [6.07, 6.45) is 3.25. The summed E-state index contributed by atoms with van der Waals surface area (Å²) in [6.45, 7) is 4.24. The van der Waals surface area contributed by atoms with Crippen molar-refractivity contribution in [2.24, 2.45) is 0 Å². The average molecular weight is 267 g/mol. The number of nitrogens with zero attached hydrogens (tertiary/aromatic N) is 1. The first kappa shape index (κ1) is 13.2. The smallest absolute Gasteiger partial charge is 0.189 e. The predicted octanol–water partition coefficient (Wildman–Crippen LogP) is 2.93. The van der Waals surface area contributed by atoms with Gasteiger partial charge in [0.25, 0.3) is 0 Å². The van der Waals surface area contributed by atoms with Gasteiger partial charge in [-0.05, 0) is 56.2 Å². The van der Waals surface area contributed by atoms with E-state index < -0.39 is 0 Å². The molecular formula is C13H18FN3S. The molecule has 0 aliphatic carbocycles. The minimum absolute atomic E-state index is 0.221. The highest BCUT2D eigenvalue weighted by molar-refractivity contribution is 7.80. The first-order chi connectivity index (χ1) is 8.54. The highest BCUT2D eigenvalue weighted by Crippen LogP contribution is 2.22. The predicted molar refractivity (Wildman–Crippen MR) is 75.7 cm³/mol. The zero-order valence-electron chi connectivity index (χ0n) is 10.7. The molecule has 1 aromatic rings. The Bertz CT molecular complexity index is 434. The van der Waals surface area contributed by atoms with Gasteiger partial charge in [0.2, 0.25) is 0 Å². The summed E-state index contributed by atoms with van der Waals surface area (Å²) in [5.74, 6) is -0.245. The summed E-state index contributed by atoms with van der Waals surface area (Å²) in [5.41, 5.74) is 3.97. The lowest BCUT2D eigenvalue weighted by Crippen LogP contribution is -2.48. The van der Waals surface area contributed by atoms with Gasteiger partial charge in [-0.15, -0.1) is 0 Å². The maximum absolute atomic E-state index is 12.9. The fraction of sp³-hybridized carbons (Fsp3) is 0.462. The number of halogens is 1. The van der Waals surface area contributed by atoms with E-state index in [1.165, 1.54) is 12.1 Å². The Balaban J connectivity index is 2.11. The maximum Gasteiger partial charge on any atom is 0.189 e. The molecule has 3 nitrogen and oxygen atoms in total. The molecule has 1 fully saturated rings. The normalized spacial score (nSPS) is 23.3. The summed E-state index contributed by atoms with van der Waals surface area (Å²) in [7, 11) is 0. The van der Waals surface area contributed by atoms with Crippen LogP contribution in [0.4, 0.5) is 10.1 Å². The van der Waals surface area contributed by atoms with Crippen molar-refractivity contribution in [1.82, 2.24) is 10.7 Å². The lowest BCUT2D eigenvalue weighted by Gasteiger charge is -2.25. The Morgan fingerprint density at radius 1 is 1.33 bits per heavy atom. The van der Waals surface area contributed by atoms with Gasteiger partial charge in [-0.2, -0.15) is 0 Å². The van der Waals surface area contributed by atoms with Crippen LogP contribution in [0.5, 0.6) is 0 Å². The van der Waals surface area contributed by atoms with E-state index in [1.54, 1.807) is 17.1 Å². The first-order valence-corrected chi connectivity index (χ1v) is 6.60. The molecule has 5 heteroatoms. The Morgan fingerprint density at radius 2 is 2.00 bits per heavy atom. The van der Waals surface area contributed by atoms with Crippen LogP contribution in [0.15, 0.2) is 24.3 Å². The minimum atomic E-state index is -0.245. The number of hydrogen-bond donors (Lipinski definition) is 2. The molecule has 1 unspecified atom stereocenters. The van der Waals surface area contributed by atoms with Crippen molar-refractivity contribution in [1.29, 1.82) is 0 Å². The fourth-order valence-corrected chi connectivity index (χ4v) is 2.41. The van der Waals surface area contributed by atoms with Crippen molar-refractivity contribution in [2.75, 3.05) is 5.01 Å². The molecule has 0 aromatic heterocycles. The Labute approximate surface area is 112 Å². The molecule has 1 aliphatic heterocycles. The number of thiocarbonyl (C=S) groups is 1. The third-order valence-electron chi connectivity index (χ3n) is 3.06. The van der Waals surface area contributed by atoms with E-state index in [9.17, 15) is 4.39 Å². The summed E-state index contributed by atoms with van der Waals surface area (Å²) < 4.78 is 12.9. The van der Waals surface area contributed by atoms with Gasteiger partial charge in [0, 0.05) is 0 Å². The fourth-order valence-electron chi connectivity index (χ4n) is 2.04. The molecule has 0 saturated carbocycles. The van der Waals surface area contributed by atoms with Crippen LogP contribution in [0, 0.1) is 5.82 Å². The zero-order chi connectivity index (χ0) is 13.2. The molecule has 0 radical (unpaired) electrons. The molecule has 2 rings (SSSR count). The van der Waals surface area contributed by atoms with E-state index in [1.807, 2.05) is 0 Å². The molecule has 1 aromatic carbocycles. The SMILES string of the molecule is CCCCC1(C)NC(=S)N(c2ccc(F)cc2)N1. The molecule has 2 N–H and O–H groups in total. The van der Waals surface area contributed by atoms with Crippen molar-refractivity contribution in [2.45, 2.75) is 38.8 Å². The van der Waals surface area contributed by atoms with Crippen molar-refractivity contribution >= 4 is 23.0 Å². The first-order valence-electron chi connectivity index (χ1n) is 6.20. The maximum atomic E-state index is 12.9. The third-order valence-corrected chi connectivity index (χ3v) is 3.34. The molecule has 1 saturated heterocycles. The van der Waals surface area contributed by atoms with E-state index in [4.69, 9.17) is 12.2 Å². The van der Waals surface area contributed by atoms with Crippen LogP contribution in [0.3, 0.4) is 0 Å². The van der Waals surface area contributed by atoms with Gasteiger partial charge in [0.05, 0.1) is 5.69 Å². The largest absolute Gasteiger partial charge is 0.342 e. The molecular weight excluding hydrogens is 249 g/mol. The zero-order valence-corrected chi connectivity index (χ0v) is 11.5. The van der Waals surface area contributed by atoms with Gasteiger partial charge in [-0.3, -0.25) is 5.01 Å². The Hall–Kier alpha value is -1.20. The van der Waals surface area contributed by atoms with Crippen molar-refractivity contribution < 1.29 is 4.39 Å². The van der Waals surface area contributed by atoms with Gasteiger partial charge in [-0.1, -0.05) is 13.3 Å². The van der Waals surface area contributed by atoms with Gasteiger partial charge in [0.15, 0.2) is 5.11 Å². The van der Waals surface area contributed by atoms with Gasteiger partial charge < -0.3 is 5.32 Å². The molecule has 1 aliphatic rings. The topological polar surface area (TPSA) is 27.3 Å². The van der Waals surface area contributed by atoms with Crippen LogP contribution >= 0.6 is 12.2 Å². The molecule has 0 amide bonds. The molecule has 0 bridgehead atoms. The monoisotopic (exact) mass is 267 g/mol. The molecule has 18 heavy (non-hydrogen) atoms. The van der Waals surface area contributed by atoms with E-state index in [0.717, 1.165) is 24.9 Å². The van der Waals surface area contributed by atoms with Gasteiger partial charge in [0.1, 0.15) is 11.5 Å². The molecule has 0 spiro atoms. The number of nitrogens with one attached hydrogen (secondary N) is 2. The van der Waals surface area contributed by atoms with Crippen LogP contribution in [0.1, 0.15) is 33.1 Å². The Morgan fingerprint density at radius 3 is 2.61 bits per heavy atom. The summed E-state index contributed by atoms with van der Waals surface area (Å²) in [5, 5.41) is 5.70. The molecule has 1 atom stereocenters. The number of rotatable bonds is 4. The standard InChI is InChI=1S/C13H18FN3S/c1-3-4-9-13(2)15-12(18)17(16-13)11-7-5-10(14)6-8-11/h5-8,16H,3-4,9H2,1-2H3,(H,15,18). The number of benzene rings is 1. The van der Waals surface area contributed by atoms with E-state index in [2.05, 4.69) is 24.6 Å². The van der Waals surface area contributed by atoms with Crippen molar-refractivity contribution in [3.05, 3.63) is 30.1 Å². The summed E-state index contributed by atoms with van der Waals surface area (Å²) in [4.78, 5) is 0. The van der Waals surface area contributed by atoms with Crippen molar-refractivity contribution in [3.63, 3.8) is 0 Å². The second-order valence-electron chi connectivity index (χ2n) is 4.79. The minimum Gasteiger partial charge on any atom is -0.342 e. The Kier molecular flexibility index (Phi) is 3.82. The number of anilines is 1. The molecule has 98 valence electrons. The second kappa shape index (κ2) is 5.20. The average Bonchev–Trinajstić information content (AvgIpc) is 2.64. The van der Waals surface area contributed by atoms with Crippen LogP contribution in [0.2, 0.25) is 0 Å². The van der Waals surface area contributed by atoms with Gasteiger partial charge >= 0.3 is 0 Å².